The fourth-order valence-electron chi connectivity index (χ4n) is 3.73. The summed E-state index contributed by atoms with van der Waals surface area (Å²) in [4.78, 5) is 27.3. The molecule has 0 saturated carbocycles. The van der Waals surface area contributed by atoms with E-state index in [9.17, 15) is 14.7 Å². The van der Waals surface area contributed by atoms with Gasteiger partial charge in [0.25, 0.3) is 11.7 Å². The van der Waals surface area contributed by atoms with Crippen LogP contribution in [0.3, 0.4) is 0 Å². The van der Waals surface area contributed by atoms with E-state index in [-0.39, 0.29) is 16.9 Å². The summed E-state index contributed by atoms with van der Waals surface area (Å²) >= 11 is 0. The van der Waals surface area contributed by atoms with Crippen molar-refractivity contribution < 1.29 is 28.9 Å². The smallest absolute Gasteiger partial charge is 0.295 e. The number of hydrogen-bond acceptors (Lipinski definition) is 6. The van der Waals surface area contributed by atoms with E-state index in [1.165, 1.54) is 19.1 Å². The molecule has 30 heavy (non-hydrogen) atoms. The standard InChI is InChI=1S/C23H25NO6/c1-5-12-24-20(14-8-6-9-15(13-14)28-2)19(22(26)23(24)27)21(25)18-16(29-3)10-7-11-17(18)30-4/h6-11,13,20,25H,5,12H2,1-4H3/b21-19+. The molecule has 1 amide bonds. The number of methoxy groups -OCH3 is 3. The van der Waals surface area contributed by atoms with Gasteiger partial charge in [0.15, 0.2) is 0 Å². The minimum atomic E-state index is -0.755. The fourth-order valence-corrected chi connectivity index (χ4v) is 3.73. The van der Waals surface area contributed by atoms with Gasteiger partial charge in [0, 0.05) is 6.54 Å². The molecule has 1 heterocycles. The molecule has 1 aliphatic heterocycles. The highest BCUT2D eigenvalue weighted by Gasteiger charge is 2.46. The Bertz CT molecular complexity index is 975. The van der Waals surface area contributed by atoms with Crippen molar-refractivity contribution in [1.29, 1.82) is 0 Å². The number of rotatable bonds is 7. The van der Waals surface area contributed by atoms with Crippen LogP contribution in [0, 0.1) is 0 Å². The number of ether oxygens (including phenoxy) is 3. The highest BCUT2D eigenvalue weighted by Crippen LogP contribution is 2.43. The van der Waals surface area contributed by atoms with Crippen molar-refractivity contribution in [3.8, 4) is 17.2 Å². The number of amides is 1. The topological polar surface area (TPSA) is 85.3 Å². The molecule has 1 saturated heterocycles. The summed E-state index contributed by atoms with van der Waals surface area (Å²) in [6.07, 6.45) is 0.658. The van der Waals surface area contributed by atoms with Gasteiger partial charge < -0.3 is 24.2 Å². The average Bonchev–Trinajstić information content (AvgIpc) is 3.03. The number of hydrogen-bond donors (Lipinski definition) is 1. The van der Waals surface area contributed by atoms with E-state index in [1.807, 2.05) is 6.92 Å². The Morgan fingerprint density at radius 1 is 1.00 bits per heavy atom. The molecule has 1 fully saturated rings. The molecule has 0 aliphatic carbocycles. The maximum atomic E-state index is 13.0. The lowest BCUT2D eigenvalue weighted by atomic mass is 9.94. The zero-order valence-electron chi connectivity index (χ0n) is 17.5. The third kappa shape index (κ3) is 3.58. The van der Waals surface area contributed by atoms with Crippen LogP contribution < -0.4 is 14.2 Å². The molecule has 2 aromatic carbocycles. The number of aliphatic hydroxyl groups is 1. The lowest BCUT2D eigenvalue weighted by Gasteiger charge is -2.25. The molecule has 7 heteroatoms. The number of carbonyl (C=O) groups is 2. The molecule has 1 unspecified atom stereocenters. The molecule has 0 bridgehead atoms. The van der Waals surface area contributed by atoms with Crippen LogP contribution in [0.4, 0.5) is 0 Å². The molecular weight excluding hydrogens is 386 g/mol. The van der Waals surface area contributed by atoms with Crippen LogP contribution in [-0.4, -0.2) is 49.6 Å². The van der Waals surface area contributed by atoms with Crippen molar-refractivity contribution in [2.45, 2.75) is 19.4 Å². The van der Waals surface area contributed by atoms with Crippen LogP contribution >= 0.6 is 0 Å². The third-order valence-corrected chi connectivity index (χ3v) is 5.08. The van der Waals surface area contributed by atoms with Crippen LogP contribution in [0.2, 0.25) is 0 Å². The molecule has 0 aromatic heterocycles. The molecule has 158 valence electrons. The first-order valence-corrected chi connectivity index (χ1v) is 9.62. The Morgan fingerprint density at radius 3 is 2.20 bits per heavy atom. The first-order valence-electron chi connectivity index (χ1n) is 9.62. The molecule has 1 atom stereocenters. The van der Waals surface area contributed by atoms with E-state index in [4.69, 9.17) is 14.2 Å². The second-order valence-electron chi connectivity index (χ2n) is 6.81. The van der Waals surface area contributed by atoms with Gasteiger partial charge in [-0.25, -0.2) is 0 Å². The largest absolute Gasteiger partial charge is 0.506 e. The van der Waals surface area contributed by atoms with E-state index >= 15 is 0 Å². The number of Topliss-reactive ketones (excluding diaryl/α,β-unsaturated/α-hetero) is 1. The number of carbonyl (C=O) groups excluding carboxylic acids is 2. The predicted octanol–water partition coefficient (Wildman–Crippen LogP) is 3.54. The van der Waals surface area contributed by atoms with Crippen molar-refractivity contribution >= 4 is 17.4 Å². The summed E-state index contributed by atoms with van der Waals surface area (Å²) in [5.41, 5.74) is 0.881. The Morgan fingerprint density at radius 2 is 1.63 bits per heavy atom. The van der Waals surface area contributed by atoms with Crippen molar-refractivity contribution in [1.82, 2.24) is 4.90 Å². The van der Waals surface area contributed by atoms with E-state index in [0.717, 1.165) is 0 Å². The average molecular weight is 411 g/mol. The molecule has 1 N–H and O–H groups in total. The normalized spacial score (nSPS) is 17.9. The summed E-state index contributed by atoms with van der Waals surface area (Å²) in [5.74, 6) is -0.490. The molecule has 0 spiro atoms. The second kappa shape index (κ2) is 8.90. The van der Waals surface area contributed by atoms with Crippen molar-refractivity contribution in [2.24, 2.45) is 0 Å². The lowest BCUT2D eigenvalue weighted by molar-refractivity contribution is -0.139. The number of likely N-dealkylation sites (tertiary alicyclic amines) is 1. The summed E-state index contributed by atoms with van der Waals surface area (Å²) in [6.45, 7) is 2.29. The number of nitrogens with zero attached hydrogens (tertiary/aromatic N) is 1. The predicted molar refractivity (Wildman–Crippen MR) is 112 cm³/mol. The Kier molecular flexibility index (Phi) is 6.30. The Hall–Kier alpha value is -3.48. The number of ketones is 1. The zero-order valence-corrected chi connectivity index (χ0v) is 17.5. The molecule has 7 nitrogen and oxygen atoms in total. The Labute approximate surface area is 175 Å². The van der Waals surface area contributed by atoms with Gasteiger partial charge in [0.1, 0.15) is 28.6 Å². The van der Waals surface area contributed by atoms with Crippen LogP contribution in [0.1, 0.15) is 30.5 Å². The van der Waals surface area contributed by atoms with Crippen LogP contribution in [0.5, 0.6) is 17.2 Å². The maximum absolute atomic E-state index is 13.0. The fraction of sp³-hybridized carbons (Fsp3) is 0.304. The quantitative estimate of drug-likeness (QED) is 0.426. The highest BCUT2D eigenvalue weighted by atomic mass is 16.5. The number of aliphatic hydroxyl groups excluding tert-OH is 1. The molecule has 1 aliphatic rings. The molecule has 3 rings (SSSR count). The van der Waals surface area contributed by atoms with Crippen molar-refractivity contribution in [3.05, 3.63) is 59.2 Å². The highest BCUT2D eigenvalue weighted by molar-refractivity contribution is 6.46. The van der Waals surface area contributed by atoms with Crippen molar-refractivity contribution in [3.63, 3.8) is 0 Å². The number of benzene rings is 2. The second-order valence-corrected chi connectivity index (χ2v) is 6.81. The van der Waals surface area contributed by atoms with E-state index in [0.29, 0.717) is 35.8 Å². The SMILES string of the molecule is CCCN1C(=O)C(=O)/C(=C(/O)c2c(OC)cccc2OC)C1c1cccc(OC)c1. The lowest BCUT2D eigenvalue weighted by Crippen LogP contribution is -2.30. The monoisotopic (exact) mass is 411 g/mol. The summed E-state index contributed by atoms with van der Waals surface area (Å²) in [5, 5.41) is 11.3. The first-order chi connectivity index (χ1) is 14.5. The van der Waals surface area contributed by atoms with E-state index in [1.54, 1.807) is 49.6 Å². The summed E-state index contributed by atoms with van der Waals surface area (Å²) in [6, 6.07) is 11.4. The molecular formula is C23H25NO6. The minimum absolute atomic E-state index is 0.00972. The van der Waals surface area contributed by atoms with Crippen LogP contribution in [-0.2, 0) is 9.59 Å². The van der Waals surface area contributed by atoms with Gasteiger partial charge in [-0.15, -0.1) is 0 Å². The summed E-state index contributed by atoms with van der Waals surface area (Å²) in [7, 11) is 4.46. The molecule has 2 aromatic rings. The van der Waals surface area contributed by atoms with Crippen LogP contribution in [0.15, 0.2) is 48.0 Å². The Balaban J connectivity index is 2.29. The van der Waals surface area contributed by atoms with Gasteiger partial charge in [-0.1, -0.05) is 25.1 Å². The summed E-state index contributed by atoms with van der Waals surface area (Å²) < 4.78 is 16.1. The van der Waals surface area contributed by atoms with Gasteiger partial charge in [-0.05, 0) is 36.2 Å². The van der Waals surface area contributed by atoms with Gasteiger partial charge in [-0.3, -0.25) is 9.59 Å². The molecule has 0 radical (unpaired) electrons. The minimum Gasteiger partial charge on any atom is -0.506 e. The van der Waals surface area contributed by atoms with E-state index < -0.39 is 17.7 Å². The third-order valence-electron chi connectivity index (χ3n) is 5.08. The van der Waals surface area contributed by atoms with Gasteiger partial charge >= 0.3 is 0 Å². The van der Waals surface area contributed by atoms with E-state index in [2.05, 4.69) is 0 Å². The van der Waals surface area contributed by atoms with Crippen LogP contribution in [0.25, 0.3) is 5.76 Å². The van der Waals surface area contributed by atoms with Crippen molar-refractivity contribution in [2.75, 3.05) is 27.9 Å². The maximum Gasteiger partial charge on any atom is 0.295 e. The first kappa shape index (κ1) is 21.2. The zero-order chi connectivity index (χ0) is 21.8. The van der Waals surface area contributed by atoms with Gasteiger partial charge in [0.05, 0.1) is 32.9 Å². The van der Waals surface area contributed by atoms with Gasteiger partial charge in [-0.2, -0.15) is 0 Å². The van der Waals surface area contributed by atoms with Gasteiger partial charge in [0.2, 0.25) is 0 Å².